The van der Waals surface area contributed by atoms with Crippen LogP contribution in [0, 0.1) is 0 Å². The Bertz CT molecular complexity index is 626. The van der Waals surface area contributed by atoms with Gasteiger partial charge in [0.25, 0.3) is 0 Å². The van der Waals surface area contributed by atoms with Gasteiger partial charge in [0.05, 0.1) is 38.7 Å². The van der Waals surface area contributed by atoms with Crippen LogP contribution in [0.2, 0.25) is 5.02 Å². The first-order chi connectivity index (χ1) is 10.4. The molecular weight excluding hydrogens is 314 g/mol. The van der Waals surface area contributed by atoms with E-state index in [2.05, 4.69) is 19.5 Å². The van der Waals surface area contributed by atoms with Gasteiger partial charge in [0, 0.05) is 5.02 Å². The molecule has 0 aromatic heterocycles. The van der Waals surface area contributed by atoms with Gasteiger partial charge in [-0.15, -0.1) is 0 Å². The minimum Gasteiger partial charge on any atom is -0.466 e. The monoisotopic (exact) mass is 327 g/mol. The lowest BCUT2D eigenvalue weighted by molar-refractivity contribution is -0.138. The van der Waals surface area contributed by atoms with Crippen molar-refractivity contribution in [1.29, 1.82) is 0 Å². The molecule has 0 aliphatic rings. The van der Waals surface area contributed by atoms with Gasteiger partial charge in [-0.25, -0.2) is 14.4 Å². The molecule has 7 nitrogen and oxygen atoms in total. The highest BCUT2D eigenvalue weighted by Crippen LogP contribution is 2.23. The average molecular weight is 328 g/mol. The summed E-state index contributed by atoms with van der Waals surface area (Å²) in [6, 6.07) is 4.33. The van der Waals surface area contributed by atoms with Crippen molar-refractivity contribution >= 4 is 35.2 Å². The van der Waals surface area contributed by atoms with E-state index in [4.69, 9.17) is 11.6 Å². The molecule has 8 heteroatoms. The number of rotatable bonds is 5. The largest absolute Gasteiger partial charge is 0.466 e. The highest BCUT2D eigenvalue weighted by Gasteiger charge is 2.18. The molecule has 1 N–H and O–H groups in total. The highest BCUT2D eigenvalue weighted by atomic mass is 35.5. The third kappa shape index (κ3) is 4.49. The Labute approximate surface area is 131 Å². The fourth-order valence-corrected chi connectivity index (χ4v) is 1.65. The van der Waals surface area contributed by atoms with Crippen molar-refractivity contribution in [3.8, 4) is 0 Å². The molecule has 0 aliphatic heterocycles. The van der Waals surface area contributed by atoms with Crippen LogP contribution in [0.1, 0.15) is 10.4 Å². The van der Waals surface area contributed by atoms with Crippen LogP contribution in [-0.4, -0.2) is 39.2 Å². The first kappa shape index (κ1) is 17.5. The molecular formula is C14H14ClNO6. The fourth-order valence-electron chi connectivity index (χ4n) is 1.48. The summed E-state index contributed by atoms with van der Waals surface area (Å²) in [6.45, 7) is 0. The molecule has 0 heterocycles. The van der Waals surface area contributed by atoms with E-state index in [1.165, 1.54) is 25.3 Å². The summed E-state index contributed by atoms with van der Waals surface area (Å²) in [5.41, 5.74) is 0.105. The number of ether oxygens (including phenoxy) is 3. The van der Waals surface area contributed by atoms with E-state index in [0.717, 1.165) is 20.3 Å². The van der Waals surface area contributed by atoms with Gasteiger partial charge in [0.15, 0.2) is 0 Å². The van der Waals surface area contributed by atoms with Crippen LogP contribution in [-0.2, 0) is 23.8 Å². The molecule has 0 amide bonds. The van der Waals surface area contributed by atoms with E-state index in [1.807, 2.05) is 0 Å². The lowest BCUT2D eigenvalue weighted by Crippen LogP contribution is -2.17. The molecule has 118 valence electrons. The summed E-state index contributed by atoms with van der Waals surface area (Å²) in [7, 11) is 3.52. The second kappa shape index (κ2) is 8.04. The summed E-state index contributed by atoms with van der Waals surface area (Å²) in [6.07, 6.45) is 0.904. The number of benzene rings is 1. The van der Waals surface area contributed by atoms with Crippen molar-refractivity contribution < 1.29 is 28.6 Å². The fraction of sp³-hybridized carbons (Fsp3) is 0.214. The quantitative estimate of drug-likeness (QED) is 0.500. The Kier molecular flexibility index (Phi) is 6.40. The van der Waals surface area contributed by atoms with E-state index < -0.39 is 17.9 Å². The number of carbonyl (C=O) groups is 3. The van der Waals surface area contributed by atoms with Gasteiger partial charge in [-0.3, -0.25) is 0 Å². The summed E-state index contributed by atoms with van der Waals surface area (Å²) in [5.74, 6) is -2.23. The number of nitrogens with one attached hydrogen (secondary N) is 1. The number of hydrogen-bond donors (Lipinski definition) is 1. The topological polar surface area (TPSA) is 90.9 Å². The zero-order valence-electron chi connectivity index (χ0n) is 12.1. The maximum atomic E-state index is 11.7. The van der Waals surface area contributed by atoms with Gasteiger partial charge in [-0.1, -0.05) is 11.6 Å². The molecule has 0 aliphatic carbocycles. The van der Waals surface area contributed by atoms with Gasteiger partial charge in [-0.05, 0) is 18.2 Å². The summed E-state index contributed by atoms with van der Waals surface area (Å²) in [5, 5.41) is 2.94. The highest BCUT2D eigenvalue weighted by molar-refractivity contribution is 6.31. The van der Waals surface area contributed by atoms with E-state index in [1.54, 1.807) is 0 Å². The van der Waals surface area contributed by atoms with E-state index in [-0.39, 0.29) is 16.9 Å². The Balaban J connectivity index is 3.24. The molecule has 0 spiro atoms. The van der Waals surface area contributed by atoms with Crippen LogP contribution in [0.4, 0.5) is 5.69 Å². The second-order valence-corrected chi connectivity index (χ2v) is 4.32. The third-order valence-corrected chi connectivity index (χ3v) is 2.76. The molecule has 0 radical (unpaired) electrons. The first-order valence-electron chi connectivity index (χ1n) is 5.95. The zero-order chi connectivity index (χ0) is 16.7. The molecule has 1 rings (SSSR count). The predicted octanol–water partition coefficient (Wildman–Crippen LogP) is 1.77. The molecule has 0 saturated heterocycles. The summed E-state index contributed by atoms with van der Waals surface area (Å²) < 4.78 is 13.7. The summed E-state index contributed by atoms with van der Waals surface area (Å²) >= 11 is 5.84. The normalized spacial score (nSPS) is 10.6. The first-order valence-corrected chi connectivity index (χ1v) is 6.33. The van der Waals surface area contributed by atoms with Gasteiger partial charge < -0.3 is 19.5 Å². The predicted molar refractivity (Wildman–Crippen MR) is 78.5 cm³/mol. The van der Waals surface area contributed by atoms with Gasteiger partial charge in [-0.2, -0.15) is 0 Å². The standard InChI is InChI=1S/C14H14ClNO6/c1-20-12(17)7-11(14(19)22-3)16-10-5-4-8(15)6-9(10)13(18)21-2/h4-7,16H,1-3H3/b11-7+. The maximum absolute atomic E-state index is 11.7. The zero-order valence-corrected chi connectivity index (χ0v) is 12.9. The Morgan fingerprint density at radius 1 is 1.09 bits per heavy atom. The van der Waals surface area contributed by atoms with Gasteiger partial charge in [0.1, 0.15) is 5.70 Å². The van der Waals surface area contributed by atoms with E-state index >= 15 is 0 Å². The SMILES string of the molecule is COC(=O)/C=C(/Nc1ccc(Cl)cc1C(=O)OC)C(=O)OC. The van der Waals surface area contributed by atoms with Crippen molar-refractivity contribution in [2.45, 2.75) is 0 Å². The number of methoxy groups -OCH3 is 3. The lowest BCUT2D eigenvalue weighted by atomic mass is 10.1. The Hall–Kier alpha value is -2.54. The van der Waals surface area contributed by atoms with Crippen LogP contribution in [0.5, 0.6) is 0 Å². The molecule has 22 heavy (non-hydrogen) atoms. The van der Waals surface area contributed by atoms with Crippen LogP contribution >= 0.6 is 11.6 Å². The van der Waals surface area contributed by atoms with Crippen LogP contribution in [0.15, 0.2) is 30.0 Å². The number of hydrogen-bond acceptors (Lipinski definition) is 7. The molecule has 1 aromatic carbocycles. The lowest BCUT2D eigenvalue weighted by Gasteiger charge is -2.12. The molecule has 0 saturated carbocycles. The molecule has 0 unspecified atom stereocenters. The van der Waals surface area contributed by atoms with Crippen molar-refractivity contribution in [1.82, 2.24) is 0 Å². The van der Waals surface area contributed by atoms with Crippen LogP contribution < -0.4 is 5.32 Å². The minimum atomic E-state index is -0.809. The van der Waals surface area contributed by atoms with Crippen molar-refractivity contribution in [2.24, 2.45) is 0 Å². The molecule has 0 fully saturated rings. The average Bonchev–Trinajstić information content (AvgIpc) is 2.53. The smallest absolute Gasteiger partial charge is 0.354 e. The number of carbonyl (C=O) groups excluding carboxylic acids is 3. The molecule has 0 bridgehead atoms. The van der Waals surface area contributed by atoms with Crippen LogP contribution in [0.25, 0.3) is 0 Å². The van der Waals surface area contributed by atoms with Crippen molar-refractivity contribution in [2.75, 3.05) is 26.6 Å². The number of halogens is 1. The molecule has 1 aromatic rings. The van der Waals surface area contributed by atoms with Gasteiger partial charge in [0.2, 0.25) is 0 Å². The number of anilines is 1. The number of esters is 3. The van der Waals surface area contributed by atoms with Crippen molar-refractivity contribution in [3.63, 3.8) is 0 Å². The maximum Gasteiger partial charge on any atom is 0.354 e. The Morgan fingerprint density at radius 2 is 1.77 bits per heavy atom. The minimum absolute atomic E-state index is 0.0923. The molecule has 0 atom stereocenters. The Morgan fingerprint density at radius 3 is 2.32 bits per heavy atom. The van der Waals surface area contributed by atoms with E-state index in [0.29, 0.717) is 5.02 Å². The van der Waals surface area contributed by atoms with E-state index in [9.17, 15) is 14.4 Å². The van der Waals surface area contributed by atoms with Crippen molar-refractivity contribution in [3.05, 3.63) is 40.6 Å². The third-order valence-electron chi connectivity index (χ3n) is 2.52. The van der Waals surface area contributed by atoms with Crippen LogP contribution in [0.3, 0.4) is 0 Å². The van der Waals surface area contributed by atoms with Gasteiger partial charge >= 0.3 is 17.9 Å². The second-order valence-electron chi connectivity index (χ2n) is 3.88. The summed E-state index contributed by atoms with van der Waals surface area (Å²) in [4.78, 5) is 34.7.